The van der Waals surface area contributed by atoms with E-state index in [0.717, 1.165) is 4.88 Å². The van der Waals surface area contributed by atoms with Crippen LogP contribution in [0.25, 0.3) is 0 Å². The van der Waals surface area contributed by atoms with Gasteiger partial charge in [-0.1, -0.05) is 6.07 Å². The first-order valence-electron chi connectivity index (χ1n) is 7.01. The lowest BCUT2D eigenvalue weighted by atomic mass is 10.3. The number of carbonyl (C=O) groups is 1. The van der Waals surface area contributed by atoms with E-state index in [1.807, 2.05) is 17.5 Å². The zero-order valence-electron chi connectivity index (χ0n) is 12.3. The molecular weight excluding hydrogens is 302 g/mol. The standard InChI is InChI=1S/C16H17NO4S/c1-17(10-13-3-2-8-22-13)16(18)11-21-12-4-5-14-15(9-12)20-7-6-19-14/h2-5,8-9H,6-7,10-11H2,1H3. The zero-order valence-corrected chi connectivity index (χ0v) is 13.1. The summed E-state index contributed by atoms with van der Waals surface area (Å²) in [7, 11) is 1.77. The first-order valence-corrected chi connectivity index (χ1v) is 7.89. The van der Waals surface area contributed by atoms with Crippen molar-refractivity contribution in [3.05, 3.63) is 40.6 Å². The van der Waals surface area contributed by atoms with Gasteiger partial charge in [-0.25, -0.2) is 0 Å². The SMILES string of the molecule is CN(Cc1cccs1)C(=O)COc1ccc2c(c1)OCCO2. The number of likely N-dealkylation sites (N-methyl/N-ethyl adjacent to an activating group) is 1. The number of rotatable bonds is 5. The molecule has 1 amide bonds. The van der Waals surface area contributed by atoms with E-state index in [-0.39, 0.29) is 12.5 Å². The number of carbonyl (C=O) groups excluding carboxylic acids is 1. The molecule has 22 heavy (non-hydrogen) atoms. The molecule has 0 saturated carbocycles. The predicted molar refractivity (Wildman–Crippen MR) is 83.7 cm³/mol. The minimum atomic E-state index is -0.0664. The zero-order chi connectivity index (χ0) is 15.4. The maximum Gasteiger partial charge on any atom is 0.260 e. The summed E-state index contributed by atoms with van der Waals surface area (Å²) in [6.07, 6.45) is 0. The van der Waals surface area contributed by atoms with Crippen LogP contribution in [-0.2, 0) is 11.3 Å². The van der Waals surface area contributed by atoms with Gasteiger partial charge < -0.3 is 19.1 Å². The molecule has 116 valence electrons. The number of benzene rings is 1. The lowest BCUT2D eigenvalue weighted by Gasteiger charge is -2.19. The molecule has 0 spiro atoms. The van der Waals surface area contributed by atoms with Gasteiger partial charge in [0.25, 0.3) is 5.91 Å². The molecule has 0 bridgehead atoms. The Hall–Kier alpha value is -2.21. The number of nitrogens with zero attached hydrogens (tertiary/aromatic N) is 1. The lowest BCUT2D eigenvalue weighted by Crippen LogP contribution is -2.30. The average molecular weight is 319 g/mol. The van der Waals surface area contributed by atoms with Crippen molar-refractivity contribution in [3.63, 3.8) is 0 Å². The van der Waals surface area contributed by atoms with E-state index in [2.05, 4.69) is 0 Å². The molecular formula is C16H17NO4S. The van der Waals surface area contributed by atoms with E-state index >= 15 is 0 Å². The van der Waals surface area contributed by atoms with Gasteiger partial charge in [-0.3, -0.25) is 4.79 Å². The van der Waals surface area contributed by atoms with Crippen molar-refractivity contribution < 1.29 is 19.0 Å². The maximum atomic E-state index is 12.1. The van der Waals surface area contributed by atoms with Crippen LogP contribution in [0.4, 0.5) is 0 Å². The van der Waals surface area contributed by atoms with Crippen LogP contribution < -0.4 is 14.2 Å². The van der Waals surface area contributed by atoms with Crippen molar-refractivity contribution in [2.75, 3.05) is 26.9 Å². The van der Waals surface area contributed by atoms with Crippen molar-refractivity contribution in [2.45, 2.75) is 6.54 Å². The van der Waals surface area contributed by atoms with Crippen LogP contribution in [0, 0.1) is 0 Å². The fourth-order valence-corrected chi connectivity index (χ4v) is 2.85. The van der Waals surface area contributed by atoms with Gasteiger partial charge in [-0.2, -0.15) is 0 Å². The molecule has 0 atom stereocenters. The Labute approximate surface area is 133 Å². The highest BCUT2D eigenvalue weighted by molar-refractivity contribution is 7.09. The van der Waals surface area contributed by atoms with Crippen molar-refractivity contribution in [1.82, 2.24) is 4.90 Å². The fourth-order valence-electron chi connectivity index (χ4n) is 2.09. The van der Waals surface area contributed by atoms with Crippen molar-refractivity contribution in [3.8, 4) is 17.2 Å². The number of ether oxygens (including phenoxy) is 3. The van der Waals surface area contributed by atoms with Crippen LogP contribution in [0.15, 0.2) is 35.7 Å². The molecule has 2 aromatic rings. The van der Waals surface area contributed by atoms with Gasteiger partial charge >= 0.3 is 0 Å². The Morgan fingerprint density at radius 1 is 1.27 bits per heavy atom. The monoisotopic (exact) mass is 319 g/mol. The van der Waals surface area contributed by atoms with Crippen LogP contribution in [0.5, 0.6) is 17.2 Å². The highest BCUT2D eigenvalue weighted by Gasteiger charge is 2.14. The molecule has 0 unspecified atom stereocenters. The molecule has 2 heterocycles. The molecule has 0 N–H and O–H groups in total. The van der Waals surface area contributed by atoms with Gasteiger partial charge in [0, 0.05) is 18.0 Å². The molecule has 0 aliphatic carbocycles. The Morgan fingerprint density at radius 3 is 2.86 bits per heavy atom. The predicted octanol–water partition coefficient (Wildman–Crippen LogP) is 2.56. The summed E-state index contributed by atoms with van der Waals surface area (Å²) in [5, 5.41) is 2.00. The third-order valence-electron chi connectivity index (χ3n) is 3.27. The fraction of sp³-hybridized carbons (Fsp3) is 0.312. The molecule has 5 nitrogen and oxygen atoms in total. The van der Waals surface area contributed by atoms with Gasteiger partial charge in [0.2, 0.25) is 0 Å². The van der Waals surface area contributed by atoms with Crippen LogP contribution in [0.2, 0.25) is 0 Å². The van der Waals surface area contributed by atoms with E-state index < -0.39 is 0 Å². The highest BCUT2D eigenvalue weighted by Crippen LogP contribution is 2.33. The second kappa shape index (κ2) is 6.70. The number of thiophene rings is 1. The van der Waals surface area contributed by atoms with Crippen LogP contribution >= 0.6 is 11.3 Å². The van der Waals surface area contributed by atoms with Gasteiger partial charge in [0.05, 0.1) is 6.54 Å². The molecule has 1 aromatic carbocycles. The molecule has 0 fully saturated rings. The molecule has 3 rings (SSSR count). The smallest absolute Gasteiger partial charge is 0.260 e. The average Bonchev–Trinajstić information content (AvgIpc) is 3.05. The molecule has 0 radical (unpaired) electrons. The summed E-state index contributed by atoms with van der Waals surface area (Å²) < 4.78 is 16.5. The van der Waals surface area contributed by atoms with Gasteiger partial charge in [0.15, 0.2) is 18.1 Å². The Balaban J connectivity index is 1.54. The van der Waals surface area contributed by atoms with Crippen LogP contribution in [0.1, 0.15) is 4.88 Å². The van der Waals surface area contributed by atoms with Crippen molar-refractivity contribution >= 4 is 17.2 Å². The van der Waals surface area contributed by atoms with Gasteiger partial charge in [0.1, 0.15) is 19.0 Å². The Bertz CT molecular complexity index is 642. The third kappa shape index (κ3) is 3.51. The Morgan fingerprint density at radius 2 is 2.09 bits per heavy atom. The van der Waals surface area contributed by atoms with Gasteiger partial charge in [-0.15, -0.1) is 11.3 Å². The molecule has 0 saturated heterocycles. The normalized spacial score (nSPS) is 12.8. The maximum absolute atomic E-state index is 12.1. The largest absolute Gasteiger partial charge is 0.486 e. The second-order valence-electron chi connectivity index (χ2n) is 4.92. The molecule has 1 aliphatic rings. The first-order chi connectivity index (χ1) is 10.7. The van der Waals surface area contributed by atoms with Crippen molar-refractivity contribution in [1.29, 1.82) is 0 Å². The highest BCUT2D eigenvalue weighted by atomic mass is 32.1. The quantitative estimate of drug-likeness (QED) is 0.850. The van der Waals surface area contributed by atoms with E-state index in [1.54, 1.807) is 41.5 Å². The second-order valence-corrected chi connectivity index (χ2v) is 5.96. The summed E-state index contributed by atoms with van der Waals surface area (Å²) >= 11 is 1.63. The minimum absolute atomic E-state index is 0.00151. The van der Waals surface area contributed by atoms with E-state index in [4.69, 9.17) is 14.2 Å². The topological polar surface area (TPSA) is 48.0 Å². The third-order valence-corrected chi connectivity index (χ3v) is 4.14. The minimum Gasteiger partial charge on any atom is -0.486 e. The number of amides is 1. The Kier molecular flexibility index (Phi) is 4.48. The van der Waals surface area contributed by atoms with Crippen molar-refractivity contribution in [2.24, 2.45) is 0 Å². The van der Waals surface area contributed by atoms with Crippen LogP contribution in [-0.4, -0.2) is 37.7 Å². The first kappa shape index (κ1) is 14.7. The molecule has 1 aromatic heterocycles. The summed E-state index contributed by atoms with van der Waals surface area (Å²) in [4.78, 5) is 14.9. The molecule has 1 aliphatic heterocycles. The van der Waals surface area contributed by atoms with E-state index in [0.29, 0.717) is 37.0 Å². The summed E-state index contributed by atoms with van der Waals surface area (Å²) in [6, 6.07) is 9.31. The summed E-state index contributed by atoms with van der Waals surface area (Å²) in [6.45, 7) is 1.68. The van der Waals surface area contributed by atoms with E-state index in [9.17, 15) is 4.79 Å². The summed E-state index contributed by atoms with van der Waals surface area (Å²) in [5.74, 6) is 1.90. The number of hydrogen-bond donors (Lipinski definition) is 0. The lowest BCUT2D eigenvalue weighted by molar-refractivity contribution is -0.132. The summed E-state index contributed by atoms with van der Waals surface area (Å²) in [5.41, 5.74) is 0. The number of fused-ring (bicyclic) bond motifs is 1. The molecule has 6 heteroatoms. The number of hydrogen-bond acceptors (Lipinski definition) is 5. The van der Waals surface area contributed by atoms with Gasteiger partial charge in [-0.05, 0) is 23.6 Å². The van der Waals surface area contributed by atoms with E-state index in [1.165, 1.54) is 0 Å². The van der Waals surface area contributed by atoms with Crippen LogP contribution in [0.3, 0.4) is 0 Å².